The third kappa shape index (κ3) is 5.71. The number of hydrazone groups is 1. The summed E-state index contributed by atoms with van der Waals surface area (Å²) in [5, 5.41) is 14.8. The SMILES string of the molecule is O=C(N/N=C\c1cccc(Br)c1)C1CCN(Cc2ccc([N+](=O)[O-])cc2)CC1. The Morgan fingerprint density at radius 2 is 1.96 bits per heavy atom. The second kappa shape index (κ2) is 9.57. The lowest BCUT2D eigenvalue weighted by atomic mass is 9.96. The molecule has 146 valence electrons. The van der Waals surface area contributed by atoms with Crippen LogP contribution in [0.5, 0.6) is 0 Å². The molecule has 3 rings (SSSR count). The molecule has 1 aliphatic heterocycles. The summed E-state index contributed by atoms with van der Waals surface area (Å²) in [7, 11) is 0. The number of rotatable bonds is 6. The van der Waals surface area contributed by atoms with Crippen molar-refractivity contribution < 1.29 is 9.72 Å². The van der Waals surface area contributed by atoms with E-state index >= 15 is 0 Å². The Labute approximate surface area is 171 Å². The lowest BCUT2D eigenvalue weighted by Crippen LogP contribution is -2.39. The van der Waals surface area contributed by atoms with Crippen molar-refractivity contribution in [2.24, 2.45) is 11.0 Å². The number of nitro groups is 1. The van der Waals surface area contributed by atoms with Gasteiger partial charge in [-0.1, -0.05) is 40.2 Å². The highest BCUT2D eigenvalue weighted by Crippen LogP contribution is 2.20. The van der Waals surface area contributed by atoms with Gasteiger partial charge in [-0.25, -0.2) is 5.43 Å². The van der Waals surface area contributed by atoms with Gasteiger partial charge in [0.05, 0.1) is 11.1 Å². The molecular weight excluding hydrogens is 424 g/mol. The summed E-state index contributed by atoms with van der Waals surface area (Å²) < 4.78 is 0.961. The number of piperidine rings is 1. The van der Waals surface area contributed by atoms with E-state index in [4.69, 9.17) is 0 Å². The minimum Gasteiger partial charge on any atom is -0.299 e. The molecule has 1 heterocycles. The summed E-state index contributed by atoms with van der Waals surface area (Å²) in [6.07, 6.45) is 3.17. The van der Waals surface area contributed by atoms with Gasteiger partial charge >= 0.3 is 0 Å². The van der Waals surface area contributed by atoms with E-state index in [2.05, 4.69) is 31.4 Å². The van der Waals surface area contributed by atoms with Gasteiger partial charge in [-0.05, 0) is 49.2 Å². The van der Waals surface area contributed by atoms with E-state index in [0.29, 0.717) is 0 Å². The molecule has 1 fully saturated rings. The molecule has 1 amide bonds. The zero-order chi connectivity index (χ0) is 19.9. The van der Waals surface area contributed by atoms with Gasteiger partial charge < -0.3 is 0 Å². The Balaban J connectivity index is 1.44. The van der Waals surface area contributed by atoms with Crippen molar-refractivity contribution in [3.05, 3.63) is 74.2 Å². The van der Waals surface area contributed by atoms with Crippen LogP contribution in [0.15, 0.2) is 58.1 Å². The summed E-state index contributed by atoms with van der Waals surface area (Å²) in [5.74, 6) is -0.103. The largest absolute Gasteiger partial charge is 0.299 e. The van der Waals surface area contributed by atoms with Gasteiger partial charge in [-0.15, -0.1) is 0 Å². The first-order chi connectivity index (χ1) is 13.5. The van der Waals surface area contributed by atoms with E-state index < -0.39 is 4.92 Å². The van der Waals surface area contributed by atoms with Crippen molar-refractivity contribution in [3.63, 3.8) is 0 Å². The molecule has 0 saturated carbocycles. The quantitative estimate of drug-likeness (QED) is 0.417. The van der Waals surface area contributed by atoms with Crippen LogP contribution in [-0.2, 0) is 11.3 Å². The molecule has 0 unspecified atom stereocenters. The zero-order valence-corrected chi connectivity index (χ0v) is 16.8. The summed E-state index contributed by atoms with van der Waals surface area (Å²) in [6.45, 7) is 2.35. The van der Waals surface area contributed by atoms with Crippen LogP contribution in [0.3, 0.4) is 0 Å². The van der Waals surface area contributed by atoms with Crippen LogP contribution in [0.2, 0.25) is 0 Å². The van der Waals surface area contributed by atoms with Crippen LogP contribution in [0.1, 0.15) is 24.0 Å². The number of non-ortho nitro benzene ring substituents is 1. The maximum Gasteiger partial charge on any atom is 0.269 e. The van der Waals surface area contributed by atoms with Crippen LogP contribution in [0.25, 0.3) is 0 Å². The molecule has 0 spiro atoms. The number of carbonyl (C=O) groups is 1. The van der Waals surface area contributed by atoms with E-state index in [1.54, 1.807) is 18.3 Å². The van der Waals surface area contributed by atoms with Gasteiger partial charge in [0.2, 0.25) is 5.91 Å². The van der Waals surface area contributed by atoms with Crippen LogP contribution >= 0.6 is 15.9 Å². The number of likely N-dealkylation sites (tertiary alicyclic amines) is 1. The van der Waals surface area contributed by atoms with E-state index in [9.17, 15) is 14.9 Å². The monoisotopic (exact) mass is 444 g/mol. The van der Waals surface area contributed by atoms with Crippen molar-refractivity contribution in [2.45, 2.75) is 19.4 Å². The summed E-state index contributed by atoms with van der Waals surface area (Å²) in [5.41, 5.74) is 4.68. The number of benzene rings is 2. The molecule has 1 aliphatic rings. The Kier molecular flexibility index (Phi) is 6.89. The topological polar surface area (TPSA) is 87.8 Å². The second-order valence-electron chi connectivity index (χ2n) is 6.76. The molecule has 0 aromatic heterocycles. The lowest BCUT2D eigenvalue weighted by molar-refractivity contribution is -0.384. The zero-order valence-electron chi connectivity index (χ0n) is 15.3. The molecular formula is C20H21BrN4O3. The average Bonchev–Trinajstić information content (AvgIpc) is 2.69. The number of halogens is 1. The first-order valence-corrected chi connectivity index (χ1v) is 9.85. The third-order valence-electron chi connectivity index (χ3n) is 4.75. The van der Waals surface area contributed by atoms with Crippen molar-refractivity contribution in [2.75, 3.05) is 13.1 Å². The van der Waals surface area contributed by atoms with Gasteiger partial charge in [0, 0.05) is 29.1 Å². The number of nitrogens with one attached hydrogen (secondary N) is 1. The molecule has 0 bridgehead atoms. The maximum absolute atomic E-state index is 12.3. The highest BCUT2D eigenvalue weighted by atomic mass is 79.9. The maximum atomic E-state index is 12.3. The molecule has 0 radical (unpaired) electrons. The third-order valence-corrected chi connectivity index (χ3v) is 5.24. The normalized spacial score (nSPS) is 15.6. The Morgan fingerprint density at radius 3 is 2.61 bits per heavy atom. The molecule has 2 aromatic carbocycles. The molecule has 2 aromatic rings. The minimum atomic E-state index is -0.396. The Hall–Kier alpha value is -2.58. The van der Waals surface area contributed by atoms with Crippen molar-refractivity contribution in [1.29, 1.82) is 0 Å². The van der Waals surface area contributed by atoms with Crippen molar-refractivity contribution in [1.82, 2.24) is 10.3 Å². The van der Waals surface area contributed by atoms with E-state index in [1.165, 1.54) is 12.1 Å². The molecule has 0 atom stereocenters. The Bertz CT molecular complexity index is 862. The van der Waals surface area contributed by atoms with Gasteiger partial charge in [-0.3, -0.25) is 19.8 Å². The van der Waals surface area contributed by atoms with Crippen molar-refractivity contribution in [3.8, 4) is 0 Å². The minimum absolute atomic E-state index is 0.0484. The van der Waals surface area contributed by atoms with E-state index in [0.717, 1.165) is 48.1 Å². The molecule has 7 nitrogen and oxygen atoms in total. The first-order valence-electron chi connectivity index (χ1n) is 9.05. The fraction of sp³-hybridized carbons (Fsp3) is 0.300. The second-order valence-corrected chi connectivity index (χ2v) is 7.68. The van der Waals surface area contributed by atoms with Crippen LogP contribution in [0.4, 0.5) is 5.69 Å². The first kappa shape index (κ1) is 20.2. The number of amides is 1. The van der Waals surface area contributed by atoms with Gasteiger partial charge in [0.25, 0.3) is 5.69 Å². The summed E-state index contributed by atoms with van der Waals surface area (Å²) in [4.78, 5) is 24.9. The molecule has 1 saturated heterocycles. The molecule has 28 heavy (non-hydrogen) atoms. The van der Waals surface area contributed by atoms with E-state index in [1.807, 2.05) is 24.3 Å². The number of hydrogen-bond acceptors (Lipinski definition) is 5. The van der Waals surface area contributed by atoms with Gasteiger partial charge in [-0.2, -0.15) is 5.10 Å². The fourth-order valence-electron chi connectivity index (χ4n) is 3.18. The van der Waals surface area contributed by atoms with Gasteiger partial charge in [0.15, 0.2) is 0 Å². The lowest BCUT2D eigenvalue weighted by Gasteiger charge is -2.30. The predicted molar refractivity (Wildman–Crippen MR) is 111 cm³/mol. The highest BCUT2D eigenvalue weighted by Gasteiger charge is 2.24. The standard InChI is InChI=1S/C20H21BrN4O3/c21-18-3-1-2-16(12-18)13-22-23-20(26)17-8-10-24(11-9-17)14-15-4-6-19(7-5-15)25(27)28/h1-7,12-13,17H,8-11,14H2,(H,23,26)/b22-13-. The molecule has 1 N–H and O–H groups in total. The fourth-order valence-corrected chi connectivity index (χ4v) is 3.60. The van der Waals surface area contributed by atoms with E-state index in [-0.39, 0.29) is 17.5 Å². The number of hydrogen-bond donors (Lipinski definition) is 1. The van der Waals surface area contributed by atoms with Gasteiger partial charge in [0.1, 0.15) is 0 Å². The Morgan fingerprint density at radius 1 is 1.25 bits per heavy atom. The molecule has 8 heteroatoms. The predicted octanol–water partition coefficient (Wildman–Crippen LogP) is 3.72. The molecule has 0 aliphatic carbocycles. The number of nitrogens with zero attached hydrogens (tertiary/aromatic N) is 3. The van der Waals surface area contributed by atoms with Crippen LogP contribution < -0.4 is 5.43 Å². The number of nitro benzene ring substituents is 1. The smallest absolute Gasteiger partial charge is 0.269 e. The summed E-state index contributed by atoms with van der Waals surface area (Å²) in [6, 6.07) is 14.3. The highest BCUT2D eigenvalue weighted by molar-refractivity contribution is 9.10. The average molecular weight is 445 g/mol. The number of carbonyl (C=O) groups excluding carboxylic acids is 1. The van der Waals surface area contributed by atoms with Crippen LogP contribution in [0, 0.1) is 16.0 Å². The van der Waals surface area contributed by atoms with Crippen LogP contribution in [-0.4, -0.2) is 35.0 Å². The van der Waals surface area contributed by atoms with Crippen molar-refractivity contribution >= 4 is 33.7 Å². The summed E-state index contributed by atoms with van der Waals surface area (Å²) >= 11 is 3.40.